The van der Waals surface area contributed by atoms with Crippen molar-refractivity contribution < 1.29 is 4.79 Å². The van der Waals surface area contributed by atoms with Crippen molar-refractivity contribution in [3.05, 3.63) is 60.6 Å². The molecule has 1 fully saturated rings. The van der Waals surface area contributed by atoms with Gasteiger partial charge in [0.1, 0.15) is 0 Å². The van der Waals surface area contributed by atoms with Gasteiger partial charge in [0.05, 0.1) is 11.8 Å². The molecule has 3 aromatic heterocycles. The van der Waals surface area contributed by atoms with Crippen molar-refractivity contribution in [3.8, 4) is 22.5 Å². The van der Waals surface area contributed by atoms with E-state index in [2.05, 4.69) is 55.0 Å². The predicted molar refractivity (Wildman–Crippen MR) is 114 cm³/mol. The summed E-state index contributed by atoms with van der Waals surface area (Å²) >= 11 is 0. The molecule has 2 aromatic carbocycles. The van der Waals surface area contributed by atoms with E-state index in [0.29, 0.717) is 30.0 Å². The van der Waals surface area contributed by atoms with E-state index in [9.17, 15) is 4.79 Å². The lowest BCUT2D eigenvalue weighted by atomic mass is 9.94. The van der Waals surface area contributed by atoms with Gasteiger partial charge in [-0.15, -0.1) is 10.2 Å². The van der Waals surface area contributed by atoms with Gasteiger partial charge in [0.15, 0.2) is 5.65 Å². The average molecular weight is 410 g/mol. The van der Waals surface area contributed by atoms with E-state index in [4.69, 9.17) is 0 Å². The monoisotopic (exact) mass is 410 g/mol. The maximum absolute atomic E-state index is 12.3. The first-order chi connectivity index (χ1) is 15.3. The van der Waals surface area contributed by atoms with Gasteiger partial charge >= 0.3 is 0 Å². The van der Waals surface area contributed by atoms with Crippen molar-refractivity contribution in [2.24, 2.45) is 0 Å². The van der Waals surface area contributed by atoms with Crippen LogP contribution in [0.4, 0.5) is 0 Å². The molecule has 1 amide bonds. The van der Waals surface area contributed by atoms with Crippen LogP contribution < -0.4 is 0 Å². The molecule has 0 spiro atoms. The Balaban J connectivity index is 1.51. The number of aromatic amines is 1. The molecule has 1 aliphatic rings. The van der Waals surface area contributed by atoms with Gasteiger partial charge in [0.2, 0.25) is 11.7 Å². The van der Waals surface area contributed by atoms with Crippen LogP contribution in [-0.4, -0.2) is 52.6 Å². The van der Waals surface area contributed by atoms with E-state index < -0.39 is 0 Å². The van der Waals surface area contributed by atoms with Gasteiger partial charge in [-0.1, -0.05) is 36.4 Å². The molecule has 0 aliphatic carbocycles. The number of likely N-dealkylation sites (tertiary alicyclic amines) is 1. The third kappa shape index (κ3) is 2.93. The highest BCUT2D eigenvalue weighted by atomic mass is 16.2. The molecule has 1 saturated heterocycles. The molecule has 4 heterocycles. The molecule has 31 heavy (non-hydrogen) atoms. The summed E-state index contributed by atoms with van der Waals surface area (Å²) in [5, 5.41) is 20.9. The van der Waals surface area contributed by atoms with Crippen LogP contribution in [0.15, 0.2) is 55.0 Å². The molecule has 9 nitrogen and oxygen atoms in total. The van der Waals surface area contributed by atoms with Crippen molar-refractivity contribution >= 4 is 22.3 Å². The fraction of sp³-hybridized carbons (Fsp3) is 0.182. The zero-order valence-corrected chi connectivity index (χ0v) is 16.6. The molecule has 0 radical (unpaired) electrons. The SMILES string of the molecule is O=C1CCCN1Cc1ccc2ccccc2c1-c1cnc2c(-c3nn[nH]n3)cnn2c1. The second-order valence-electron chi connectivity index (χ2n) is 7.64. The standard InChI is InChI=1S/C22H18N8O/c31-19-6-3-9-29(19)12-15-8-7-14-4-1-2-5-17(14)20(15)16-10-23-22-18(11-24-30(22)13-16)21-25-27-28-26-21/h1-2,4-5,7-8,10-11,13H,3,6,9,12H2,(H,25,26,27,28). The van der Waals surface area contributed by atoms with E-state index in [-0.39, 0.29) is 5.91 Å². The molecule has 0 unspecified atom stereocenters. The minimum atomic E-state index is 0.213. The summed E-state index contributed by atoms with van der Waals surface area (Å²) in [5.74, 6) is 0.665. The predicted octanol–water partition coefficient (Wildman–Crippen LogP) is 2.85. The van der Waals surface area contributed by atoms with Crippen molar-refractivity contribution in [1.82, 2.24) is 40.1 Å². The Labute approximate surface area is 176 Å². The Kier molecular flexibility index (Phi) is 3.98. The molecule has 1 aliphatic heterocycles. The number of nitrogens with one attached hydrogen (secondary N) is 1. The molecular formula is C22H18N8O. The first kappa shape index (κ1) is 17.7. The van der Waals surface area contributed by atoms with Crippen molar-refractivity contribution in [2.45, 2.75) is 19.4 Å². The number of carbonyl (C=O) groups excluding carboxylic acids is 1. The normalized spacial score (nSPS) is 14.2. The van der Waals surface area contributed by atoms with Crippen molar-refractivity contribution in [2.75, 3.05) is 6.54 Å². The zero-order valence-electron chi connectivity index (χ0n) is 16.6. The molecule has 0 bridgehead atoms. The number of nitrogens with zero attached hydrogens (tertiary/aromatic N) is 7. The van der Waals surface area contributed by atoms with E-state index in [0.717, 1.165) is 40.4 Å². The minimum Gasteiger partial charge on any atom is -0.338 e. The molecule has 1 N–H and O–H groups in total. The number of fused-ring (bicyclic) bond motifs is 2. The summed E-state index contributed by atoms with van der Waals surface area (Å²) in [7, 11) is 0. The van der Waals surface area contributed by atoms with E-state index in [1.54, 1.807) is 10.7 Å². The topological polar surface area (TPSA) is 105 Å². The van der Waals surface area contributed by atoms with Crippen LogP contribution in [0.25, 0.3) is 38.9 Å². The molecule has 152 valence electrons. The number of benzene rings is 2. The van der Waals surface area contributed by atoms with Gasteiger partial charge in [-0.05, 0) is 33.5 Å². The Morgan fingerprint density at radius 3 is 2.87 bits per heavy atom. The molecule has 0 atom stereocenters. The number of hydrogen-bond acceptors (Lipinski definition) is 6. The highest BCUT2D eigenvalue weighted by molar-refractivity contribution is 5.98. The van der Waals surface area contributed by atoms with Crippen LogP contribution in [0.3, 0.4) is 0 Å². The molecule has 9 heteroatoms. The van der Waals surface area contributed by atoms with Gasteiger partial charge < -0.3 is 4.90 Å². The van der Waals surface area contributed by atoms with E-state index >= 15 is 0 Å². The molecule has 5 aromatic rings. The summed E-state index contributed by atoms with van der Waals surface area (Å²) < 4.78 is 1.73. The molecule has 6 rings (SSSR count). The maximum Gasteiger partial charge on any atom is 0.222 e. The Hall–Kier alpha value is -4.14. The van der Waals surface area contributed by atoms with Crippen LogP contribution in [0.2, 0.25) is 0 Å². The summed E-state index contributed by atoms with van der Waals surface area (Å²) in [6, 6.07) is 12.5. The largest absolute Gasteiger partial charge is 0.338 e. The van der Waals surface area contributed by atoms with Gasteiger partial charge in [-0.3, -0.25) is 4.79 Å². The summed E-state index contributed by atoms with van der Waals surface area (Å²) in [6.45, 7) is 1.39. The van der Waals surface area contributed by atoms with Crippen LogP contribution in [-0.2, 0) is 11.3 Å². The number of aromatic nitrogens is 7. The quantitative estimate of drug-likeness (QED) is 0.488. The van der Waals surface area contributed by atoms with Crippen molar-refractivity contribution in [3.63, 3.8) is 0 Å². The number of rotatable bonds is 4. The number of hydrogen-bond donors (Lipinski definition) is 1. The Morgan fingerprint density at radius 2 is 2.03 bits per heavy atom. The van der Waals surface area contributed by atoms with Crippen LogP contribution in [0.1, 0.15) is 18.4 Å². The second-order valence-corrected chi connectivity index (χ2v) is 7.64. The maximum atomic E-state index is 12.3. The van der Waals surface area contributed by atoms with Crippen LogP contribution in [0, 0.1) is 0 Å². The molecule has 0 saturated carbocycles. The summed E-state index contributed by atoms with van der Waals surface area (Å²) in [5.41, 5.74) is 4.47. The number of H-pyrrole nitrogens is 1. The first-order valence-electron chi connectivity index (χ1n) is 10.1. The first-order valence-corrected chi connectivity index (χ1v) is 10.1. The lowest BCUT2D eigenvalue weighted by molar-refractivity contribution is -0.128. The zero-order chi connectivity index (χ0) is 20.8. The Bertz CT molecular complexity index is 1420. The van der Waals surface area contributed by atoms with Gasteiger partial charge in [0.25, 0.3) is 0 Å². The molecular weight excluding hydrogens is 392 g/mol. The lowest BCUT2D eigenvalue weighted by Crippen LogP contribution is -2.24. The fourth-order valence-corrected chi connectivity index (χ4v) is 4.30. The van der Waals surface area contributed by atoms with E-state index in [1.165, 1.54) is 0 Å². The fourth-order valence-electron chi connectivity index (χ4n) is 4.30. The van der Waals surface area contributed by atoms with Crippen molar-refractivity contribution in [1.29, 1.82) is 0 Å². The highest BCUT2D eigenvalue weighted by Gasteiger charge is 2.22. The Morgan fingerprint density at radius 1 is 1.10 bits per heavy atom. The van der Waals surface area contributed by atoms with Crippen LogP contribution in [0.5, 0.6) is 0 Å². The second kappa shape index (κ2) is 6.98. The third-order valence-electron chi connectivity index (χ3n) is 5.78. The smallest absolute Gasteiger partial charge is 0.222 e. The average Bonchev–Trinajstić information content (AvgIpc) is 3.54. The van der Waals surface area contributed by atoms with E-state index in [1.807, 2.05) is 29.4 Å². The van der Waals surface area contributed by atoms with Gasteiger partial charge in [-0.2, -0.15) is 10.3 Å². The lowest BCUT2D eigenvalue weighted by Gasteiger charge is -2.20. The van der Waals surface area contributed by atoms with Gasteiger partial charge in [-0.25, -0.2) is 9.50 Å². The number of amides is 1. The highest BCUT2D eigenvalue weighted by Crippen LogP contribution is 2.34. The minimum absolute atomic E-state index is 0.213. The summed E-state index contributed by atoms with van der Waals surface area (Å²) in [4.78, 5) is 18.9. The third-order valence-corrected chi connectivity index (χ3v) is 5.78. The number of tetrazole rings is 1. The summed E-state index contributed by atoms with van der Waals surface area (Å²) in [6.07, 6.45) is 7.04. The van der Waals surface area contributed by atoms with Gasteiger partial charge in [0, 0.05) is 37.5 Å². The van der Waals surface area contributed by atoms with Crippen LogP contribution >= 0.6 is 0 Å². The number of carbonyl (C=O) groups is 1.